The Hall–Kier alpha value is -1.94. The molecule has 1 aromatic carbocycles. The van der Waals surface area contributed by atoms with Crippen molar-refractivity contribution in [1.29, 1.82) is 0 Å². The summed E-state index contributed by atoms with van der Waals surface area (Å²) in [6.45, 7) is 5.68. The average molecular weight is 457 g/mol. The highest BCUT2D eigenvalue weighted by Crippen LogP contribution is 2.18. The van der Waals surface area contributed by atoms with Gasteiger partial charge in [0.2, 0.25) is 0 Å². The zero-order valence-electron chi connectivity index (χ0n) is 13.0. The van der Waals surface area contributed by atoms with E-state index in [1.54, 1.807) is 11.5 Å². The molecule has 0 fully saturated rings. The van der Waals surface area contributed by atoms with Crippen LogP contribution < -0.4 is 10.6 Å². The summed E-state index contributed by atoms with van der Waals surface area (Å²) in [4.78, 5) is 27.9. The zero-order chi connectivity index (χ0) is 17.5. The molecule has 1 heterocycles. The molecule has 6 nitrogen and oxygen atoms in total. The van der Waals surface area contributed by atoms with E-state index >= 15 is 0 Å². The Morgan fingerprint density at radius 2 is 2.25 bits per heavy atom. The van der Waals surface area contributed by atoms with Crippen molar-refractivity contribution in [3.63, 3.8) is 0 Å². The second-order valence-corrected chi connectivity index (χ2v) is 6.89. The van der Waals surface area contributed by atoms with Gasteiger partial charge < -0.3 is 15.4 Å². The maximum atomic E-state index is 11.9. The van der Waals surface area contributed by atoms with E-state index in [-0.39, 0.29) is 12.3 Å². The number of aryl methyl sites for hydroxylation is 1. The van der Waals surface area contributed by atoms with Crippen LogP contribution in [0.2, 0.25) is 0 Å². The summed E-state index contributed by atoms with van der Waals surface area (Å²) in [6, 6.07) is 5.66. The summed E-state index contributed by atoms with van der Waals surface area (Å²) in [5.74, 6) is -1.03. The Labute approximate surface area is 157 Å². The highest BCUT2D eigenvalue weighted by molar-refractivity contribution is 14.1. The minimum absolute atomic E-state index is 0.171. The molecule has 1 amide bonds. The number of carbonyl (C=O) groups excluding carboxylic acids is 2. The largest absolute Gasteiger partial charge is 0.451 e. The van der Waals surface area contributed by atoms with Crippen LogP contribution in [-0.4, -0.2) is 30.0 Å². The monoisotopic (exact) mass is 457 g/mol. The van der Waals surface area contributed by atoms with Gasteiger partial charge >= 0.3 is 5.97 Å². The summed E-state index contributed by atoms with van der Waals surface area (Å²) >= 11 is 3.49. The van der Waals surface area contributed by atoms with Crippen molar-refractivity contribution < 1.29 is 14.3 Å². The van der Waals surface area contributed by atoms with Crippen LogP contribution in [0.3, 0.4) is 0 Å². The van der Waals surface area contributed by atoms with E-state index in [4.69, 9.17) is 4.74 Å². The van der Waals surface area contributed by atoms with Gasteiger partial charge in [0.25, 0.3) is 5.91 Å². The quantitative estimate of drug-likeness (QED) is 0.378. The van der Waals surface area contributed by atoms with Crippen LogP contribution in [0.5, 0.6) is 0 Å². The minimum Gasteiger partial charge on any atom is -0.451 e. The summed E-state index contributed by atoms with van der Waals surface area (Å²) in [5.41, 5.74) is 1.81. The molecule has 0 spiro atoms. The van der Waals surface area contributed by atoms with Gasteiger partial charge in [0.05, 0.1) is 0 Å². The van der Waals surface area contributed by atoms with E-state index in [0.717, 1.165) is 9.13 Å². The number of hydrogen-bond acceptors (Lipinski definition) is 6. The highest BCUT2D eigenvalue weighted by atomic mass is 127. The Kier molecular flexibility index (Phi) is 6.73. The van der Waals surface area contributed by atoms with E-state index in [9.17, 15) is 9.59 Å². The van der Waals surface area contributed by atoms with Crippen molar-refractivity contribution in [1.82, 2.24) is 4.98 Å². The number of ether oxygens (including phenoxy) is 1. The summed E-state index contributed by atoms with van der Waals surface area (Å²) in [6.07, 6.45) is 1.69. The van der Waals surface area contributed by atoms with E-state index in [1.165, 1.54) is 11.3 Å². The molecule has 24 heavy (non-hydrogen) atoms. The predicted molar refractivity (Wildman–Crippen MR) is 104 cm³/mol. The lowest BCUT2D eigenvalue weighted by atomic mass is 10.2. The first-order valence-electron chi connectivity index (χ1n) is 7.03. The van der Waals surface area contributed by atoms with Crippen molar-refractivity contribution in [2.24, 2.45) is 0 Å². The average Bonchev–Trinajstić information content (AvgIpc) is 3.02. The zero-order valence-corrected chi connectivity index (χ0v) is 15.9. The molecule has 0 aliphatic carbocycles. The normalized spacial score (nSPS) is 10.1. The van der Waals surface area contributed by atoms with Gasteiger partial charge in [-0.25, -0.2) is 9.78 Å². The number of rotatable bonds is 7. The van der Waals surface area contributed by atoms with Crippen molar-refractivity contribution in [2.45, 2.75) is 6.92 Å². The number of amides is 1. The smallest absolute Gasteiger partial charge is 0.358 e. The third-order valence-electron chi connectivity index (χ3n) is 2.91. The molecule has 126 valence electrons. The van der Waals surface area contributed by atoms with Crippen LogP contribution in [0.25, 0.3) is 0 Å². The maximum Gasteiger partial charge on any atom is 0.358 e. The van der Waals surface area contributed by atoms with Gasteiger partial charge in [0.1, 0.15) is 0 Å². The third kappa shape index (κ3) is 5.31. The summed E-state index contributed by atoms with van der Waals surface area (Å²) in [5, 5.41) is 7.87. The molecule has 1 aromatic heterocycles. The van der Waals surface area contributed by atoms with Gasteiger partial charge in [-0.1, -0.05) is 6.08 Å². The number of thiazole rings is 1. The van der Waals surface area contributed by atoms with Crippen LogP contribution in [0, 0.1) is 10.5 Å². The first-order valence-corrected chi connectivity index (χ1v) is 8.99. The number of halogens is 1. The number of hydrogen-bond donors (Lipinski definition) is 2. The topological polar surface area (TPSA) is 80.3 Å². The number of nitrogens with zero attached hydrogens (tertiary/aromatic N) is 1. The Morgan fingerprint density at radius 1 is 1.46 bits per heavy atom. The number of benzene rings is 1. The highest BCUT2D eigenvalue weighted by Gasteiger charge is 2.14. The summed E-state index contributed by atoms with van der Waals surface area (Å²) in [7, 11) is 0. The fourth-order valence-corrected chi connectivity index (χ4v) is 3.10. The van der Waals surface area contributed by atoms with Crippen LogP contribution in [0.4, 0.5) is 10.8 Å². The standard InChI is InChI=1S/C16H16IN3O3S/c1-3-6-18-16-20-13(9-24-16)15(22)23-8-14(21)19-12-5-4-11(17)7-10(12)2/h3-5,7,9H,1,6,8H2,2H3,(H,18,20)(H,19,21). The molecule has 0 aliphatic rings. The first-order chi connectivity index (χ1) is 11.5. The SMILES string of the molecule is C=CCNc1nc(C(=O)OCC(=O)Nc2ccc(I)cc2C)cs1. The lowest BCUT2D eigenvalue weighted by Crippen LogP contribution is -2.21. The second kappa shape index (κ2) is 8.78. The van der Waals surface area contributed by atoms with E-state index in [0.29, 0.717) is 17.4 Å². The van der Waals surface area contributed by atoms with Crippen molar-refractivity contribution in [3.05, 3.63) is 51.1 Å². The van der Waals surface area contributed by atoms with Crippen LogP contribution in [0.15, 0.2) is 36.2 Å². The number of anilines is 2. The van der Waals surface area contributed by atoms with Crippen molar-refractivity contribution in [2.75, 3.05) is 23.8 Å². The van der Waals surface area contributed by atoms with E-state index < -0.39 is 11.9 Å². The van der Waals surface area contributed by atoms with Gasteiger partial charge in [0, 0.05) is 21.2 Å². The number of nitrogens with one attached hydrogen (secondary N) is 2. The molecular formula is C16H16IN3O3S. The van der Waals surface area contributed by atoms with Gasteiger partial charge in [0.15, 0.2) is 17.4 Å². The number of aromatic nitrogens is 1. The molecule has 0 radical (unpaired) electrons. The van der Waals surface area contributed by atoms with Crippen LogP contribution in [0.1, 0.15) is 16.1 Å². The van der Waals surface area contributed by atoms with Crippen LogP contribution >= 0.6 is 33.9 Å². The Morgan fingerprint density at radius 3 is 2.96 bits per heavy atom. The molecule has 0 unspecified atom stereocenters. The maximum absolute atomic E-state index is 11.9. The predicted octanol–water partition coefficient (Wildman–Crippen LogP) is 3.45. The molecule has 2 rings (SSSR count). The molecule has 2 N–H and O–H groups in total. The number of carbonyl (C=O) groups is 2. The van der Waals surface area contributed by atoms with E-state index in [1.807, 2.05) is 25.1 Å². The minimum atomic E-state index is -0.632. The summed E-state index contributed by atoms with van der Waals surface area (Å²) < 4.78 is 6.07. The first kappa shape index (κ1) is 18.4. The van der Waals surface area contributed by atoms with Gasteiger partial charge in [-0.15, -0.1) is 17.9 Å². The molecule has 2 aromatic rings. The fourth-order valence-electron chi connectivity index (χ4n) is 1.77. The fraction of sp³-hybridized carbons (Fsp3) is 0.188. The number of esters is 1. The lowest BCUT2D eigenvalue weighted by Gasteiger charge is -2.08. The van der Waals surface area contributed by atoms with Gasteiger partial charge in [-0.05, 0) is 53.3 Å². The van der Waals surface area contributed by atoms with Crippen molar-refractivity contribution >= 4 is 56.6 Å². The van der Waals surface area contributed by atoms with E-state index in [2.05, 4.69) is 44.8 Å². The molecule has 0 bridgehead atoms. The molecular weight excluding hydrogens is 441 g/mol. The Bertz CT molecular complexity index is 761. The molecule has 8 heteroatoms. The molecule has 0 saturated heterocycles. The second-order valence-electron chi connectivity index (χ2n) is 4.79. The molecule has 0 saturated carbocycles. The van der Waals surface area contributed by atoms with Crippen molar-refractivity contribution in [3.8, 4) is 0 Å². The van der Waals surface area contributed by atoms with Crippen LogP contribution in [-0.2, 0) is 9.53 Å². The molecule has 0 aliphatic heterocycles. The van der Waals surface area contributed by atoms with Gasteiger partial charge in [-0.3, -0.25) is 4.79 Å². The third-order valence-corrected chi connectivity index (χ3v) is 4.38. The van der Waals surface area contributed by atoms with Gasteiger partial charge in [-0.2, -0.15) is 0 Å². The molecule has 0 atom stereocenters. The lowest BCUT2D eigenvalue weighted by molar-refractivity contribution is -0.119. The Balaban J connectivity index is 1.85.